The number of benzene rings is 1. The van der Waals surface area contributed by atoms with E-state index in [1.165, 1.54) is 22.2 Å². The van der Waals surface area contributed by atoms with Crippen LogP contribution in [0, 0.1) is 6.92 Å². The van der Waals surface area contributed by atoms with E-state index in [0.29, 0.717) is 24.7 Å². The fourth-order valence-corrected chi connectivity index (χ4v) is 3.65. The molecule has 2 N–H and O–H groups in total. The number of aromatic nitrogens is 1. The molecule has 0 saturated carbocycles. The summed E-state index contributed by atoms with van der Waals surface area (Å²) in [6.45, 7) is 7.71. The summed E-state index contributed by atoms with van der Waals surface area (Å²) >= 11 is 0. The fraction of sp³-hybridized carbons (Fsp3) is 0.381. The monoisotopic (exact) mass is 390 g/mol. The summed E-state index contributed by atoms with van der Waals surface area (Å²) in [7, 11) is 2.11. The Morgan fingerprint density at radius 1 is 1.36 bits per heavy atom. The van der Waals surface area contributed by atoms with E-state index in [1.54, 1.807) is 0 Å². The van der Waals surface area contributed by atoms with Gasteiger partial charge in [0.2, 0.25) is 0 Å². The van der Waals surface area contributed by atoms with Gasteiger partial charge in [0.25, 0.3) is 0 Å². The van der Waals surface area contributed by atoms with E-state index in [9.17, 15) is 13.2 Å². The van der Waals surface area contributed by atoms with Crippen molar-refractivity contribution in [3.63, 3.8) is 0 Å². The minimum absolute atomic E-state index is 0.305. The van der Waals surface area contributed by atoms with Crippen molar-refractivity contribution in [3.8, 4) is 0 Å². The third-order valence-corrected chi connectivity index (χ3v) is 5.08. The Morgan fingerprint density at radius 3 is 2.79 bits per heavy atom. The van der Waals surface area contributed by atoms with Gasteiger partial charge in [-0.2, -0.15) is 13.2 Å². The predicted molar refractivity (Wildman–Crippen MR) is 107 cm³/mol. The highest BCUT2D eigenvalue weighted by molar-refractivity contribution is 5.99. The van der Waals surface area contributed by atoms with Gasteiger partial charge in [-0.15, -0.1) is 0 Å². The number of aryl methyl sites for hydroxylation is 2. The van der Waals surface area contributed by atoms with Gasteiger partial charge in [-0.25, -0.2) is 0 Å². The highest BCUT2D eigenvalue weighted by atomic mass is 19.4. The highest BCUT2D eigenvalue weighted by Crippen LogP contribution is 2.31. The van der Waals surface area contributed by atoms with Crippen molar-refractivity contribution in [3.05, 3.63) is 59.6 Å². The van der Waals surface area contributed by atoms with Crippen LogP contribution in [0.2, 0.25) is 0 Å². The van der Waals surface area contributed by atoms with Crippen LogP contribution in [0.5, 0.6) is 0 Å². The lowest BCUT2D eigenvalue weighted by molar-refractivity contribution is -0.0576. The second-order valence-electron chi connectivity index (χ2n) is 7.26. The van der Waals surface area contributed by atoms with Gasteiger partial charge < -0.3 is 15.2 Å². The van der Waals surface area contributed by atoms with Crippen molar-refractivity contribution in [1.82, 2.24) is 9.47 Å². The maximum Gasteiger partial charge on any atom is 0.433 e. The summed E-state index contributed by atoms with van der Waals surface area (Å²) in [5, 5.41) is 1.24. The molecule has 1 aliphatic heterocycles. The largest absolute Gasteiger partial charge is 0.433 e. The molecule has 0 aliphatic carbocycles. The lowest BCUT2D eigenvalue weighted by Crippen LogP contribution is -2.27. The van der Waals surface area contributed by atoms with Crippen LogP contribution in [-0.2, 0) is 19.5 Å². The molecule has 2 heterocycles. The standard InChI is InChI=1S/C21H25F3N4/c1-4-20(21(22,23)24)26-12-15(25)7-10-28-18-6-5-14(2)11-16(18)17-13-27(3)9-8-19(17)28/h4-6,11-12H,1,7-10,13,25H2,2-3H3/b15-12-,26-20+. The lowest BCUT2D eigenvalue weighted by Gasteiger charge is -2.24. The Hall–Kier alpha value is -2.54. The van der Waals surface area contributed by atoms with Crippen LogP contribution in [0.3, 0.4) is 0 Å². The number of likely N-dealkylation sites (N-methyl/N-ethyl adjacent to an activating group) is 1. The van der Waals surface area contributed by atoms with Crippen molar-refractivity contribution < 1.29 is 13.2 Å². The summed E-state index contributed by atoms with van der Waals surface area (Å²) in [6, 6.07) is 6.39. The van der Waals surface area contributed by atoms with Gasteiger partial charge in [0, 0.05) is 61.0 Å². The van der Waals surface area contributed by atoms with Gasteiger partial charge in [0.1, 0.15) is 5.71 Å². The summed E-state index contributed by atoms with van der Waals surface area (Å²) in [6.07, 6.45) is -1.39. The first-order valence-corrected chi connectivity index (χ1v) is 9.21. The average Bonchev–Trinajstić information content (AvgIpc) is 2.91. The number of nitrogens with zero attached hydrogens (tertiary/aromatic N) is 3. The zero-order chi connectivity index (χ0) is 20.5. The summed E-state index contributed by atoms with van der Waals surface area (Å²) in [4.78, 5) is 5.75. The van der Waals surface area contributed by atoms with Crippen molar-refractivity contribution in [1.29, 1.82) is 0 Å². The van der Waals surface area contributed by atoms with E-state index in [1.807, 2.05) is 0 Å². The number of allylic oxidation sites excluding steroid dienone is 2. The molecule has 0 bridgehead atoms. The number of hydrogen-bond donors (Lipinski definition) is 1. The molecule has 0 fully saturated rings. The van der Waals surface area contributed by atoms with Crippen LogP contribution >= 0.6 is 0 Å². The van der Waals surface area contributed by atoms with Crippen LogP contribution in [0.1, 0.15) is 23.2 Å². The van der Waals surface area contributed by atoms with Crippen LogP contribution in [-0.4, -0.2) is 34.9 Å². The first kappa shape index (κ1) is 20.2. The number of aliphatic imine (C=N–C) groups is 1. The van der Waals surface area contributed by atoms with Crippen LogP contribution in [0.15, 0.2) is 47.7 Å². The third kappa shape index (κ3) is 4.14. The molecule has 2 aromatic rings. The molecule has 28 heavy (non-hydrogen) atoms. The molecule has 0 unspecified atom stereocenters. The molecule has 0 radical (unpaired) electrons. The molecule has 0 atom stereocenters. The molecular formula is C21H25F3N4. The number of fused-ring (bicyclic) bond motifs is 3. The van der Waals surface area contributed by atoms with Gasteiger partial charge in [0.15, 0.2) is 0 Å². The van der Waals surface area contributed by atoms with E-state index in [0.717, 1.165) is 31.2 Å². The maximum absolute atomic E-state index is 12.7. The average molecular weight is 390 g/mol. The Balaban J connectivity index is 1.88. The molecular weight excluding hydrogens is 365 g/mol. The molecule has 1 aliphatic rings. The Labute approximate surface area is 162 Å². The van der Waals surface area contributed by atoms with Crippen LogP contribution in [0.25, 0.3) is 10.9 Å². The predicted octanol–water partition coefficient (Wildman–Crippen LogP) is 4.32. The van der Waals surface area contributed by atoms with Crippen molar-refractivity contribution in [2.75, 3.05) is 13.6 Å². The molecule has 1 aromatic heterocycles. The summed E-state index contributed by atoms with van der Waals surface area (Å²) < 4.78 is 40.4. The number of alkyl halides is 3. The molecule has 7 heteroatoms. The normalized spacial score (nSPS) is 16.5. The fourth-order valence-electron chi connectivity index (χ4n) is 3.65. The Morgan fingerprint density at radius 2 is 2.11 bits per heavy atom. The van der Waals surface area contributed by atoms with E-state index in [2.05, 4.69) is 53.2 Å². The second kappa shape index (κ2) is 7.83. The van der Waals surface area contributed by atoms with E-state index >= 15 is 0 Å². The Bertz CT molecular complexity index is 951. The first-order valence-electron chi connectivity index (χ1n) is 9.21. The van der Waals surface area contributed by atoms with Crippen LogP contribution < -0.4 is 5.73 Å². The molecule has 0 amide bonds. The first-order chi connectivity index (χ1) is 13.2. The summed E-state index contributed by atoms with van der Waals surface area (Å²) in [5.41, 5.74) is 10.2. The topological polar surface area (TPSA) is 46.5 Å². The SMILES string of the molecule is C=C/C(=N\C=C(/N)CCn1c2c(c3cc(C)ccc31)CN(C)CC2)C(F)(F)F. The highest BCUT2D eigenvalue weighted by Gasteiger charge is 2.33. The number of rotatable bonds is 5. The van der Waals surface area contributed by atoms with Gasteiger partial charge in [-0.05, 0) is 37.7 Å². The number of nitrogens with two attached hydrogens (primary N) is 1. The molecule has 150 valence electrons. The zero-order valence-electron chi connectivity index (χ0n) is 16.2. The van der Waals surface area contributed by atoms with Gasteiger partial charge in [-0.3, -0.25) is 4.99 Å². The van der Waals surface area contributed by atoms with E-state index < -0.39 is 11.9 Å². The zero-order valence-corrected chi connectivity index (χ0v) is 16.2. The maximum atomic E-state index is 12.7. The van der Waals surface area contributed by atoms with Gasteiger partial charge in [0.05, 0.1) is 0 Å². The molecule has 4 nitrogen and oxygen atoms in total. The smallest absolute Gasteiger partial charge is 0.401 e. The van der Waals surface area contributed by atoms with Gasteiger partial charge >= 0.3 is 6.18 Å². The Kier molecular flexibility index (Phi) is 5.65. The van der Waals surface area contributed by atoms with E-state index in [4.69, 9.17) is 5.73 Å². The quantitative estimate of drug-likeness (QED) is 0.773. The second-order valence-corrected chi connectivity index (χ2v) is 7.26. The van der Waals surface area contributed by atoms with Gasteiger partial charge in [-0.1, -0.05) is 18.2 Å². The molecule has 3 rings (SSSR count). The minimum Gasteiger partial charge on any atom is -0.401 e. The number of halogens is 3. The third-order valence-electron chi connectivity index (χ3n) is 5.08. The molecule has 0 saturated heterocycles. The van der Waals surface area contributed by atoms with E-state index in [-0.39, 0.29) is 0 Å². The van der Waals surface area contributed by atoms with Crippen molar-refractivity contribution in [2.45, 2.75) is 39.0 Å². The lowest BCUT2D eigenvalue weighted by atomic mass is 10.0. The van der Waals surface area contributed by atoms with Crippen molar-refractivity contribution in [2.24, 2.45) is 10.7 Å². The molecule has 0 spiro atoms. The minimum atomic E-state index is -4.53. The van der Waals surface area contributed by atoms with Crippen LogP contribution in [0.4, 0.5) is 13.2 Å². The molecule has 1 aromatic carbocycles. The number of hydrogen-bond acceptors (Lipinski definition) is 3. The van der Waals surface area contributed by atoms with Crippen molar-refractivity contribution >= 4 is 16.6 Å². The summed E-state index contributed by atoms with van der Waals surface area (Å²) in [5.74, 6) is 0.